The van der Waals surface area contributed by atoms with Gasteiger partial charge in [-0.3, -0.25) is 14.6 Å². The van der Waals surface area contributed by atoms with Crippen LogP contribution in [0.25, 0.3) is 0 Å². The Morgan fingerprint density at radius 3 is 2.71 bits per heavy atom. The molecule has 0 saturated heterocycles. The Morgan fingerprint density at radius 2 is 1.94 bits per heavy atom. The van der Waals surface area contributed by atoms with Gasteiger partial charge in [0.05, 0.1) is 24.2 Å². The van der Waals surface area contributed by atoms with Crippen LogP contribution in [0.3, 0.4) is 0 Å². The number of anilines is 2. The molecule has 5 rings (SSSR count). The monoisotopic (exact) mass is 456 g/mol. The maximum atomic E-state index is 13.5. The molecule has 7 nitrogen and oxygen atoms in total. The van der Waals surface area contributed by atoms with Crippen molar-refractivity contribution in [3.05, 3.63) is 89.8 Å². The molecule has 7 heteroatoms. The van der Waals surface area contributed by atoms with Crippen molar-refractivity contribution < 1.29 is 14.0 Å². The summed E-state index contributed by atoms with van der Waals surface area (Å²) in [6.07, 6.45) is 6.20. The molecule has 0 radical (unpaired) electrons. The van der Waals surface area contributed by atoms with E-state index in [1.165, 1.54) is 0 Å². The van der Waals surface area contributed by atoms with E-state index in [4.69, 9.17) is 4.42 Å². The van der Waals surface area contributed by atoms with E-state index in [2.05, 4.69) is 29.5 Å². The number of nitrogens with one attached hydrogen (secondary N) is 2. The van der Waals surface area contributed by atoms with Gasteiger partial charge in [0.25, 0.3) is 0 Å². The summed E-state index contributed by atoms with van der Waals surface area (Å²) in [5.74, 6) is 0.576. The second-order valence-corrected chi connectivity index (χ2v) is 9.65. The summed E-state index contributed by atoms with van der Waals surface area (Å²) in [7, 11) is 0. The quantitative estimate of drug-likeness (QED) is 0.583. The fourth-order valence-corrected chi connectivity index (χ4v) is 4.88. The van der Waals surface area contributed by atoms with Crippen molar-refractivity contribution in [3.8, 4) is 0 Å². The standard InChI is InChI=1S/C27H28N4O3/c1-27(2)14-20-25(22(32)15-27)26(23-8-5-13-34-23)31(21-7-4-3-6-19(21)30-20)17-24(33)29-16-18-9-11-28-12-10-18/h3-13,26,30H,14-17H2,1-2H3,(H,29,33)/t26-/m0/s1. The van der Waals surface area contributed by atoms with Gasteiger partial charge < -0.3 is 20.0 Å². The van der Waals surface area contributed by atoms with Gasteiger partial charge in [-0.05, 0) is 53.8 Å². The summed E-state index contributed by atoms with van der Waals surface area (Å²) < 4.78 is 5.84. The number of allylic oxidation sites excluding steroid dienone is 1. The topological polar surface area (TPSA) is 87.5 Å². The highest BCUT2D eigenvalue weighted by molar-refractivity contribution is 6.01. The van der Waals surface area contributed by atoms with Crippen LogP contribution in [-0.4, -0.2) is 23.2 Å². The molecule has 174 valence electrons. The smallest absolute Gasteiger partial charge is 0.239 e. The largest absolute Gasteiger partial charge is 0.467 e. The van der Waals surface area contributed by atoms with Gasteiger partial charge in [-0.15, -0.1) is 0 Å². The lowest BCUT2D eigenvalue weighted by molar-refractivity contribution is -0.121. The lowest BCUT2D eigenvalue weighted by atomic mass is 9.74. The second kappa shape index (κ2) is 8.82. The number of nitrogens with zero attached hydrogens (tertiary/aromatic N) is 2. The molecule has 0 spiro atoms. The lowest BCUT2D eigenvalue weighted by Gasteiger charge is -2.36. The summed E-state index contributed by atoms with van der Waals surface area (Å²) in [5, 5.41) is 6.54. The minimum absolute atomic E-state index is 0.0720. The molecule has 1 aromatic carbocycles. The number of carbonyl (C=O) groups is 2. The number of benzene rings is 1. The van der Waals surface area contributed by atoms with Crippen LogP contribution < -0.4 is 15.5 Å². The predicted molar refractivity (Wildman–Crippen MR) is 130 cm³/mol. The number of carbonyl (C=O) groups excluding carboxylic acids is 2. The minimum atomic E-state index is -0.503. The SMILES string of the molecule is CC1(C)CC(=O)C2=C(C1)Nc1ccccc1N(CC(=O)NCc1ccncc1)[C@H]2c1ccco1. The van der Waals surface area contributed by atoms with E-state index in [0.717, 1.165) is 29.1 Å². The van der Waals surface area contributed by atoms with Gasteiger partial charge in [-0.1, -0.05) is 26.0 Å². The van der Waals surface area contributed by atoms with E-state index in [1.807, 2.05) is 53.4 Å². The third-order valence-corrected chi connectivity index (χ3v) is 6.37. The Labute approximate surface area is 198 Å². The van der Waals surface area contributed by atoms with E-state index < -0.39 is 6.04 Å². The zero-order valence-corrected chi connectivity index (χ0v) is 19.4. The number of hydrogen-bond acceptors (Lipinski definition) is 6. The highest BCUT2D eigenvalue weighted by Crippen LogP contribution is 2.48. The van der Waals surface area contributed by atoms with E-state index in [-0.39, 0.29) is 23.7 Å². The van der Waals surface area contributed by atoms with Crippen LogP contribution in [0.5, 0.6) is 0 Å². The minimum Gasteiger partial charge on any atom is -0.467 e. The van der Waals surface area contributed by atoms with Crippen molar-refractivity contribution >= 4 is 23.1 Å². The number of para-hydroxylation sites is 2. The fraction of sp³-hybridized carbons (Fsp3) is 0.296. The Kier molecular flexibility index (Phi) is 5.69. The predicted octanol–water partition coefficient (Wildman–Crippen LogP) is 4.61. The molecule has 2 N–H and O–H groups in total. The zero-order valence-electron chi connectivity index (χ0n) is 19.4. The Hall–Kier alpha value is -3.87. The second-order valence-electron chi connectivity index (χ2n) is 9.65. The van der Waals surface area contributed by atoms with Crippen LogP contribution in [0.15, 0.2) is 82.9 Å². The number of aromatic nitrogens is 1. The first-order chi connectivity index (χ1) is 16.4. The van der Waals surface area contributed by atoms with Gasteiger partial charge in [-0.25, -0.2) is 0 Å². The summed E-state index contributed by atoms with van der Waals surface area (Å²) in [6.45, 7) is 4.70. The molecule has 0 bridgehead atoms. The number of pyridine rings is 1. The maximum Gasteiger partial charge on any atom is 0.239 e. The third kappa shape index (κ3) is 4.33. The number of rotatable bonds is 5. The van der Waals surface area contributed by atoms with Crippen LogP contribution in [0, 0.1) is 5.41 Å². The molecule has 0 saturated carbocycles. The molecule has 3 aromatic rings. The van der Waals surface area contributed by atoms with E-state index in [0.29, 0.717) is 24.3 Å². The van der Waals surface area contributed by atoms with Crippen LogP contribution in [0.1, 0.15) is 44.1 Å². The first-order valence-corrected chi connectivity index (χ1v) is 11.5. The number of hydrogen-bond donors (Lipinski definition) is 2. The maximum absolute atomic E-state index is 13.5. The normalized spacial score (nSPS) is 19.1. The zero-order chi connectivity index (χ0) is 23.7. The summed E-state index contributed by atoms with van der Waals surface area (Å²) in [6, 6.07) is 14.8. The highest BCUT2D eigenvalue weighted by Gasteiger charge is 2.42. The molecular formula is C27H28N4O3. The molecule has 1 aliphatic heterocycles. The molecule has 3 heterocycles. The van der Waals surface area contributed by atoms with Gasteiger partial charge in [0.2, 0.25) is 5.91 Å². The van der Waals surface area contributed by atoms with Gasteiger partial charge in [0.15, 0.2) is 5.78 Å². The number of Topliss-reactive ketones (excluding diaryl/α,β-unsaturated/α-hetero) is 1. The van der Waals surface area contributed by atoms with Crippen molar-refractivity contribution in [3.63, 3.8) is 0 Å². The van der Waals surface area contributed by atoms with Crippen molar-refractivity contribution in [1.82, 2.24) is 10.3 Å². The van der Waals surface area contributed by atoms with Crippen molar-refractivity contribution in [1.29, 1.82) is 0 Å². The highest BCUT2D eigenvalue weighted by atomic mass is 16.3. The van der Waals surface area contributed by atoms with Gasteiger partial charge in [0.1, 0.15) is 11.8 Å². The fourth-order valence-electron chi connectivity index (χ4n) is 4.88. The van der Waals surface area contributed by atoms with E-state index in [9.17, 15) is 9.59 Å². The lowest BCUT2D eigenvalue weighted by Crippen LogP contribution is -2.41. The van der Waals surface area contributed by atoms with Crippen molar-refractivity contribution in [2.45, 2.75) is 39.3 Å². The first kappa shape index (κ1) is 21.9. The van der Waals surface area contributed by atoms with Crippen molar-refractivity contribution in [2.24, 2.45) is 5.41 Å². The molecular weight excluding hydrogens is 428 g/mol. The van der Waals surface area contributed by atoms with Gasteiger partial charge in [0, 0.05) is 36.6 Å². The number of furan rings is 1. The molecule has 34 heavy (non-hydrogen) atoms. The van der Waals surface area contributed by atoms with E-state index >= 15 is 0 Å². The Balaban J connectivity index is 1.55. The van der Waals surface area contributed by atoms with Gasteiger partial charge >= 0.3 is 0 Å². The number of fused-ring (bicyclic) bond motifs is 1. The van der Waals surface area contributed by atoms with Crippen LogP contribution in [0.4, 0.5) is 11.4 Å². The molecule has 1 atom stereocenters. The Bertz CT molecular complexity index is 1230. The van der Waals surface area contributed by atoms with Crippen LogP contribution >= 0.6 is 0 Å². The molecule has 0 fully saturated rings. The summed E-state index contributed by atoms with van der Waals surface area (Å²) >= 11 is 0. The average Bonchev–Trinajstić information content (AvgIpc) is 3.30. The molecule has 1 amide bonds. The number of ketones is 1. The van der Waals surface area contributed by atoms with Crippen LogP contribution in [0.2, 0.25) is 0 Å². The van der Waals surface area contributed by atoms with Crippen LogP contribution in [-0.2, 0) is 16.1 Å². The van der Waals surface area contributed by atoms with Gasteiger partial charge in [-0.2, -0.15) is 0 Å². The molecule has 2 aromatic heterocycles. The Morgan fingerprint density at radius 1 is 1.15 bits per heavy atom. The van der Waals surface area contributed by atoms with E-state index in [1.54, 1.807) is 18.7 Å². The van der Waals surface area contributed by atoms with Crippen molar-refractivity contribution in [2.75, 3.05) is 16.8 Å². The third-order valence-electron chi connectivity index (χ3n) is 6.37. The summed E-state index contributed by atoms with van der Waals surface area (Å²) in [4.78, 5) is 32.7. The molecule has 2 aliphatic rings. The number of amides is 1. The average molecular weight is 457 g/mol. The summed E-state index contributed by atoms with van der Waals surface area (Å²) in [5.41, 5.74) is 4.11. The molecule has 1 aliphatic carbocycles. The first-order valence-electron chi connectivity index (χ1n) is 11.5. The molecule has 0 unspecified atom stereocenters.